The first-order chi connectivity index (χ1) is 17.0. The summed E-state index contributed by atoms with van der Waals surface area (Å²) >= 11 is 0. The lowest BCUT2D eigenvalue weighted by molar-refractivity contribution is -0.142. The molecule has 0 saturated carbocycles. The summed E-state index contributed by atoms with van der Waals surface area (Å²) in [5.41, 5.74) is 2.79. The van der Waals surface area contributed by atoms with E-state index >= 15 is 0 Å². The molecule has 0 fully saturated rings. The van der Waals surface area contributed by atoms with Crippen LogP contribution in [0.25, 0.3) is 0 Å². The van der Waals surface area contributed by atoms with Crippen molar-refractivity contribution in [1.29, 1.82) is 0 Å². The van der Waals surface area contributed by atoms with Gasteiger partial charge in [-0.25, -0.2) is 0 Å². The molecule has 0 saturated heterocycles. The number of ether oxygens (including phenoxy) is 2. The molecule has 2 amide bonds. The van der Waals surface area contributed by atoms with Crippen molar-refractivity contribution in [2.24, 2.45) is 0 Å². The summed E-state index contributed by atoms with van der Waals surface area (Å²) in [6.45, 7) is 4.57. The lowest BCUT2D eigenvalue weighted by Crippen LogP contribution is -2.51. The van der Waals surface area contributed by atoms with E-state index in [0.29, 0.717) is 24.5 Å². The van der Waals surface area contributed by atoms with Crippen molar-refractivity contribution >= 4 is 11.8 Å². The number of rotatable bonds is 12. The second-order valence-corrected chi connectivity index (χ2v) is 8.42. The average molecular weight is 475 g/mol. The highest BCUT2D eigenvalue weighted by Crippen LogP contribution is 2.20. The molecule has 3 rings (SSSR count). The molecule has 184 valence electrons. The zero-order valence-corrected chi connectivity index (χ0v) is 20.7. The molecule has 35 heavy (non-hydrogen) atoms. The number of hydrogen-bond acceptors (Lipinski definition) is 4. The lowest BCUT2D eigenvalue weighted by Gasteiger charge is -2.31. The Bertz CT molecular complexity index is 1100. The Morgan fingerprint density at radius 3 is 2.37 bits per heavy atom. The van der Waals surface area contributed by atoms with Gasteiger partial charge in [0.1, 0.15) is 17.5 Å². The van der Waals surface area contributed by atoms with Gasteiger partial charge in [0, 0.05) is 19.5 Å². The van der Waals surface area contributed by atoms with E-state index in [-0.39, 0.29) is 25.0 Å². The Kier molecular flexibility index (Phi) is 9.72. The third kappa shape index (κ3) is 7.60. The largest absolute Gasteiger partial charge is 0.497 e. The third-order valence-corrected chi connectivity index (χ3v) is 5.75. The van der Waals surface area contributed by atoms with Crippen LogP contribution < -0.4 is 14.8 Å². The number of aryl methyl sites for hydroxylation is 1. The van der Waals surface area contributed by atoms with Crippen molar-refractivity contribution in [3.05, 3.63) is 95.6 Å². The highest BCUT2D eigenvalue weighted by atomic mass is 16.5. The number of para-hydroxylation sites is 1. The maximum atomic E-state index is 13.6. The fourth-order valence-electron chi connectivity index (χ4n) is 3.83. The van der Waals surface area contributed by atoms with Crippen LogP contribution >= 0.6 is 0 Å². The molecule has 0 bridgehead atoms. The predicted molar refractivity (Wildman–Crippen MR) is 137 cm³/mol. The summed E-state index contributed by atoms with van der Waals surface area (Å²) in [6, 6.07) is 24.2. The van der Waals surface area contributed by atoms with Crippen LogP contribution in [0.3, 0.4) is 0 Å². The zero-order chi connectivity index (χ0) is 25.0. The molecule has 6 nitrogen and oxygen atoms in total. The SMILES string of the molecule is CCCNC(=O)[C@H](Cc1ccccc1)N(Cc1cccc(OC)c1)C(=O)COc1ccccc1C. The molecule has 0 aromatic heterocycles. The Labute approximate surface area is 207 Å². The van der Waals surface area contributed by atoms with Crippen molar-refractivity contribution in [3.63, 3.8) is 0 Å². The summed E-state index contributed by atoms with van der Waals surface area (Å²) < 4.78 is 11.2. The van der Waals surface area contributed by atoms with Crippen LogP contribution in [-0.2, 0) is 22.6 Å². The molecule has 1 atom stereocenters. The highest BCUT2D eigenvalue weighted by Gasteiger charge is 2.30. The van der Waals surface area contributed by atoms with Crippen molar-refractivity contribution in [2.75, 3.05) is 20.3 Å². The first-order valence-corrected chi connectivity index (χ1v) is 11.9. The molecule has 0 aliphatic rings. The predicted octanol–water partition coefficient (Wildman–Crippen LogP) is 4.55. The molecule has 0 aliphatic heterocycles. The fraction of sp³-hybridized carbons (Fsp3) is 0.310. The number of nitrogens with one attached hydrogen (secondary N) is 1. The van der Waals surface area contributed by atoms with Gasteiger partial charge in [-0.05, 0) is 48.2 Å². The number of amides is 2. The van der Waals surface area contributed by atoms with Crippen LogP contribution in [0, 0.1) is 6.92 Å². The normalized spacial score (nSPS) is 11.4. The van der Waals surface area contributed by atoms with Crippen molar-refractivity contribution < 1.29 is 19.1 Å². The summed E-state index contributed by atoms with van der Waals surface area (Å²) in [6.07, 6.45) is 1.21. The molecule has 0 heterocycles. The quantitative estimate of drug-likeness (QED) is 0.418. The molecule has 3 aromatic rings. The highest BCUT2D eigenvalue weighted by molar-refractivity contribution is 5.88. The minimum absolute atomic E-state index is 0.166. The maximum absolute atomic E-state index is 13.6. The standard InChI is InChI=1S/C29H34N2O4/c1-4-17-30-29(33)26(19-23-12-6-5-7-13-23)31(20-24-14-10-15-25(18-24)34-3)28(32)21-35-27-16-9-8-11-22(27)2/h5-16,18,26H,4,17,19-21H2,1-3H3,(H,30,33)/t26-/m0/s1. The first kappa shape index (κ1) is 25.8. The van der Waals surface area contributed by atoms with Gasteiger partial charge in [-0.1, -0.05) is 67.6 Å². The second kappa shape index (κ2) is 13.2. The van der Waals surface area contributed by atoms with E-state index in [1.807, 2.05) is 92.7 Å². The minimum atomic E-state index is -0.692. The van der Waals surface area contributed by atoms with Gasteiger partial charge in [-0.15, -0.1) is 0 Å². The molecular weight excluding hydrogens is 440 g/mol. The number of carbonyl (C=O) groups excluding carboxylic acids is 2. The molecule has 6 heteroatoms. The molecular formula is C29H34N2O4. The number of benzene rings is 3. The Morgan fingerprint density at radius 2 is 1.66 bits per heavy atom. The van der Waals surface area contributed by atoms with Gasteiger partial charge in [0.05, 0.1) is 7.11 Å². The van der Waals surface area contributed by atoms with Gasteiger partial charge >= 0.3 is 0 Å². The molecule has 0 aliphatic carbocycles. The Balaban J connectivity index is 1.91. The van der Waals surface area contributed by atoms with E-state index in [4.69, 9.17) is 9.47 Å². The lowest BCUT2D eigenvalue weighted by atomic mass is 10.0. The van der Waals surface area contributed by atoms with E-state index in [2.05, 4.69) is 5.32 Å². The van der Waals surface area contributed by atoms with Crippen molar-refractivity contribution in [1.82, 2.24) is 10.2 Å². The summed E-state index contributed by atoms with van der Waals surface area (Å²) in [5.74, 6) is 0.907. The molecule has 0 spiro atoms. The third-order valence-electron chi connectivity index (χ3n) is 5.75. The summed E-state index contributed by atoms with van der Waals surface area (Å²) in [4.78, 5) is 28.5. The van der Waals surface area contributed by atoms with Gasteiger partial charge in [0.15, 0.2) is 6.61 Å². The van der Waals surface area contributed by atoms with Crippen LogP contribution in [0.2, 0.25) is 0 Å². The maximum Gasteiger partial charge on any atom is 0.261 e. The topological polar surface area (TPSA) is 67.9 Å². The zero-order valence-electron chi connectivity index (χ0n) is 20.7. The fourth-order valence-corrected chi connectivity index (χ4v) is 3.83. The van der Waals surface area contributed by atoms with E-state index < -0.39 is 6.04 Å². The van der Waals surface area contributed by atoms with Crippen LogP contribution in [0.1, 0.15) is 30.0 Å². The monoisotopic (exact) mass is 474 g/mol. The Hall–Kier alpha value is -3.80. The number of methoxy groups -OCH3 is 1. The summed E-state index contributed by atoms with van der Waals surface area (Å²) in [5, 5.41) is 2.98. The number of nitrogens with zero attached hydrogens (tertiary/aromatic N) is 1. The van der Waals surface area contributed by atoms with E-state index in [0.717, 1.165) is 23.1 Å². The summed E-state index contributed by atoms with van der Waals surface area (Å²) in [7, 11) is 1.61. The van der Waals surface area contributed by atoms with Crippen LogP contribution in [0.15, 0.2) is 78.9 Å². The van der Waals surface area contributed by atoms with E-state index in [1.165, 1.54) is 0 Å². The average Bonchev–Trinajstić information content (AvgIpc) is 2.89. The van der Waals surface area contributed by atoms with Gasteiger partial charge in [-0.2, -0.15) is 0 Å². The van der Waals surface area contributed by atoms with Gasteiger partial charge in [-0.3, -0.25) is 9.59 Å². The minimum Gasteiger partial charge on any atom is -0.497 e. The van der Waals surface area contributed by atoms with Gasteiger partial charge in [0.2, 0.25) is 5.91 Å². The van der Waals surface area contributed by atoms with Crippen LogP contribution in [-0.4, -0.2) is 43.0 Å². The van der Waals surface area contributed by atoms with Crippen molar-refractivity contribution in [3.8, 4) is 11.5 Å². The molecule has 0 unspecified atom stereocenters. The van der Waals surface area contributed by atoms with E-state index in [9.17, 15) is 9.59 Å². The second-order valence-electron chi connectivity index (χ2n) is 8.42. The number of carbonyl (C=O) groups is 2. The van der Waals surface area contributed by atoms with E-state index in [1.54, 1.807) is 12.0 Å². The van der Waals surface area contributed by atoms with Crippen LogP contribution in [0.4, 0.5) is 0 Å². The Morgan fingerprint density at radius 1 is 0.943 bits per heavy atom. The van der Waals surface area contributed by atoms with Crippen LogP contribution in [0.5, 0.6) is 11.5 Å². The molecule has 1 N–H and O–H groups in total. The smallest absolute Gasteiger partial charge is 0.261 e. The molecule has 0 radical (unpaired) electrons. The van der Waals surface area contributed by atoms with Gasteiger partial charge < -0.3 is 19.7 Å². The van der Waals surface area contributed by atoms with Crippen molar-refractivity contribution in [2.45, 2.75) is 39.3 Å². The van der Waals surface area contributed by atoms with Gasteiger partial charge in [0.25, 0.3) is 5.91 Å². The molecule has 3 aromatic carbocycles. The first-order valence-electron chi connectivity index (χ1n) is 11.9. The number of hydrogen-bond donors (Lipinski definition) is 1.